The molecule has 3 rings (SSSR count). The topological polar surface area (TPSA) is 61.9 Å². The molecule has 6 nitrogen and oxygen atoms in total. The molecular formula is C21H31N3O3. The standard InChI is InChI=1S/C21H31N3O3/c1-2-9-22-21(26)24-10-7-18(8-11-24)16-17-3-5-19(6-4-17)20(25)23-12-14-27-15-13-23/h3-6,18H,2,7-16H2,1H3,(H,22,26). The lowest BCUT2D eigenvalue weighted by Gasteiger charge is -2.32. The van der Waals surface area contributed by atoms with E-state index >= 15 is 0 Å². The third-order valence-electron chi connectivity index (χ3n) is 5.45. The molecule has 2 aliphatic rings. The molecule has 0 aromatic heterocycles. The molecule has 2 aliphatic heterocycles. The van der Waals surface area contributed by atoms with Crippen LogP contribution in [0.3, 0.4) is 0 Å². The van der Waals surface area contributed by atoms with E-state index in [2.05, 4.69) is 24.4 Å². The molecule has 1 aromatic rings. The molecule has 1 N–H and O–H groups in total. The molecule has 0 aliphatic carbocycles. The predicted molar refractivity (Wildman–Crippen MR) is 105 cm³/mol. The first kappa shape index (κ1) is 19.7. The number of likely N-dealkylation sites (tertiary alicyclic amines) is 1. The van der Waals surface area contributed by atoms with Crippen molar-refractivity contribution in [2.45, 2.75) is 32.6 Å². The van der Waals surface area contributed by atoms with Crippen molar-refractivity contribution in [2.75, 3.05) is 45.9 Å². The lowest BCUT2D eigenvalue weighted by Crippen LogP contribution is -2.44. The Morgan fingerprint density at radius 2 is 1.70 bits per heavy atom. The molecule has 0 bridgehead atoms. The second-order valence-electron chi connectivity index (χ2n) is 7.47. The normalized spacial score (nSPS) is 18.4. The van der Waals surface area contributed by atoms with E-state index in [0.29, 0.717) is 32.2 Å². The van der Waals surface area contributed by atoms with Gasteiger partial charge in [-0.05, 0) is 49.3 Å². The van der Waals surface area contributed by atoms with Crippen LogP contribution >= 0.6 is 0 Å². The molecule has 0 spiro atoms. The number of benzene rings is 1. The van der Waals surface area contributed by atoms with Gasteiger partial charge < -0.3 is 19.9 Å². The zero-order valence-electron chi connectivity index (χ0n) is 16.3. The van der Waals surface area contributed by atoms with Crippen LogP contribution in [0, 0.1) is 5.92 Å². The Labute approximate surface area is 161 Å². The van der Waals surface area contributed by atoms with Gasteiger partial charge >= 0.3 is 6.03 Å². The van der Waals surface area contributed by atoms with E-state index in [1.54, 1.807) is 0 Å². The van der Waals surface area contributed by atoms with Crippen molar-refractivity contribution in [1.82, 2.24) is 15.1 Å². The highest BCUT2D eigenvalue weighted by Crippen LogP contribution is 2.22. The number of urea groups is 1. The van der Waals surface area contributed by atoms with Crippen LogP contribution in [-0.2, 0) is 11.2 Å². The highest BCUT2D eigenvalue weighted by Gasteiger charge is 2.23. The van der Waals surface area contributed by atoms with Crippen LogP contribution in [0.15, 0.2) is 24.3 Å². The number of piperidine rings is 1. The smallest absolute Gasteiger partial charge is 0.317 e. The largest absolute Gasteiger partial charge is 0.378 e. The molecular weight excluding hydrogens is 342 g/mol. The summed E-state index contributed by atoms with van der Waals surface area (Å²) in [6.45, 7) is 7.05. The van der Waals surface area contributed by atoms with Crippen LogP contribution in [0.1, 0.15) is 42.1 Å². The van der Waals surface area contributed by atoms with Crippen LogP contribution in [0.2, 0.25) is 0 Å². The average molecular weight is 373 g/mol. The van der Waals surface area contributed by atoms with Crippen molar-refractivity contribution in [3.05, 3.63) is 35.4 Å². The first-order valence-corrected chi connectivity index (χ1v) is 10.2. The fraction of sp³-hybridized carbons (Fsp3) is 0.619. The van der Waals surface area contributed by atoms with Gasteiger partial charge in [0.15, 0.2) is 0 Å². The Morgan fingerprint density at radius 1 is 1.04 bits per heavy atom. The van der Waals surface area contributed by atoms with E-state index in [4.69, 9.17) is 4.74 Å². The Bertz CT molecular complexity index is 618. The number of rotatable bonds is 5. The average Bonchev–Trinajstić information content (AvgIpc) is 2.73. The minimum absolute atomic E-state index is 0.0706. The monoisotopic (exact) mass is 373 g/mol. The van der Waals surface area contributed by atoms with Crippen molar-refractivity contribution in [3.8, 4) is 0 Å². The maximum atomic E-state index is 12.5. The van der Waals surface area contributed by atoms with E-state index < -0.39 is 0 Å². The van der Waals surface area contributed by atoms with Crippen molar-refractivity contribution >= 4 is 11.9 Å². The van der Waals surface area contributed by atoms with Gasteiger partial charge in [-0.25, -0.2) is 4.79 Å². The quantitative estimate of drug-likeness (QED) is 0.863. The van der Waals surface area contributed by atoms with Gasteiger partial charge in [-0.3, -0.25) is 4.79 Å². The fourth-order valence-corrected chi connectivity index (χ4v) is 3.75. The van der Waals surface area contributed by atoms with E-state index in [0.717, 1.165) is 50.9 Å². The number of carbonyl (C=O) groups excluding carboxylic acids is 2. The highest BCUT2D eigenvalue weighted by molar-refractivity contribution is 5.94. The molecule has 6 heteroatoms. The van der Waals surface area contributed by atoms with Crippen LogP contribution in [0.5, 0.6) is 0 Å². The number of nitrogens with zero attached hydrogens (tertiary/aromatic N) is 2. The van der Waals surface area contributed by atoms with Gasteiger partial charge in [-0.15, -0.1) is 0 Å². The summed E-state index contributed by atoms with van der Waals surface area (Å²) in [7, 11) is 0. The van der Waals surface area contributed by atoms with Crippen molar-refractivity contribution < 1.29 is 14.3 Å². The highest BCUT2D eigenvalue weighted by atomic mass is 16.5. The Balaban J connectivity index is 1.46. The van der Waals surface area contributed by atoms with Gasteiger partial charge in [0.1, 0.15) is 0 Å². The Hall–Kier alpha value is -2.08. The molecule has 27 heavy (non-hydrogen) atoms. The van der Waals surface area contributed by atoms with Crippen LogP contribution in [0.25, 0.3) is 0 Å². The number of morpholine rings is 1. The lowest BCUT2D eigenvalue weighted by molar-refractivity contribution is 0.0303. The SMILES string of the molecule is CCCNC(=O)N1CCC(Cc2ccc(C(=O)N3CCOCC3)cc2)CC1. The first-order valence-electron chi connectivity index (χ1n) is 10.2. The number of ether oxygens (including phenoxy) is 1. The zero-order valence-corrected chi connectivity index (χ0v) is 16.3. The van der Waals surface area contributed by atoms with Gasteiger partial charge in [0.25, 0.3) is 5.91 Å². The number of hydrogen-bond donors (Lipinski definition) is 1. The summed E-state index contributed by atoms with van der Waals surface area (Å²) in [6.07, 6.45) is 4.05. The fourth-order valence-electron chi connectivity index (χ4n) is 3.75. The number of carbonyl (C=O) groups is 2. The minimum atomic E-state index is 0.0706. The summed E-state index contributed by atoms with van der Waals surface area (Å²) >= 11 is 0. The minimum Gasteiger partial charge on any atom is -0.378 e. The molecule has 2 saturated heterocycles. The van der Waals surface area contributed by atoms with E-state index in [9.17, 15) is 9.59 Å². The van der Waals surface area contributed by atoms with Crippen LogP contribution in [-0.4, -0.2) is 67.7 Å². The molecule has 148 valence electrons. The predicted octanol–water partition coefficient (Wildman–Crippen LogP) is 2.53. The van der Waals surface area contributed by atoms with Crippen LogP contribution in [0.4, 0.5) is 4.79 Å². The summed E-state index contributed by atoms with van der Waals surface area (Å²) in [4.78, 5) is 28.3. The summed E-state index contributed by atoms with van der Waals surface area (Å²) in [5, 5.41) is 2.95. The molecule has 0 radical (unpaired) electrons. The van der Waals surface area contributed by atoms with E-state index in [1.165, 1.54) is 5.56 Å². The van der Waals surface area contributed by atoms with Gasteiger partial charge in [0.05, 0.1) is 13.2 Å². The van der Waals surface area contributed by atoms with Crippen molar-refractivity contribution in [3.63, 3.8) is 0 Å². The Kier molecular flexibility index (Phi) is 7.10. The second-order valence-corrected chi connectivity index (χ2v) is 7.47. The van der Waals surface area contributed by atoms with Gasteiger partial charge in [0, 0.05) is 38.3 Å². The summed E-state index contributed by atoms with van der Waals surface area (Å²) in [5.41, 5.74) is 2.02. The first-order chi connectivity index (χ1) is 13.2. The zero-order chi connectivity index (χ0) is 19.1. The number of nitrogens with one attached hydrogen (secondary N) is 1. The maximum Gasteiger partial charge on any atom is 0.317 e. The molecule has 0 atom stereocenters. The van der Waals surface area contributed by atoms with Gasteiger partial charge in [-0.2, -0.15) is 0 Å². The second kappa shape index (κ2) is 9.74. The third-order valence-corrected chi connectivity index (χ3v) is 5.45. The van der Waals surface area contributed by atoms with Crippen molar-refractivity contribution in [2.24, 2.45) is 5.92 Å². The van der Waals surface area contributed by atoms with E-state index in [1.807, 2.05) is 21.9 Å². The number of amides is 3. The number of hydrogen-bond acceptors (Lipinski definition) is 3. The summed E-state index contributed by atoms with van der Waals surface area (Å²) < 4.78 is 5.31. The Morgan fingerprint density at radius 3 is 2.33 bits per heavy atom. The van der Waals surface area contributed by atoms with Crippen LogP contribution < -0.4 is 5.32 Å². The molecule has 0 unspecified atom stereocenters. The van der Waals surface area contributed by atoms with Crippen molar-refractivity contribution in [1.29, 1.82) is 0 Å². The maximum absolute atomic E-state index is 12.5. The molecule has 1 aromatic carbocycles. The third kappa shape index (κ3) is 5.45. The molecule has 3 amide bonds. The molecule has 2 heterocycles. The molecule has 0 saturated carbocycles. The van der Waals surface area contributed by atoms with E-state index in [-0.39, 0.29) is 11.9 Å². The summed E-state index contributed by atoms with van der Waals surface area (Å²) in [6, 6.07) is 8.12. The summed E-state index contributed by atoms with van der Waals surface area (Å²) in [5.74, 6) is 0.692. The van der Waals surface area contributed by atoms with Gasteiger partial charge in [0.2, 0.25) is 0 Å². The molecule has 2 fully saturated rings. The lowest BCUT2D eigenvalue weighted by atomic mass is 9.90. The van der Waals surface area contributed by atoms with Gasteiger partial charge in [-0.1, -0.05) is 19.1 Å².